The van der Waals surface area contributed by atoms with Gasteiger partial charge in [0.25, 0.3) is 0 Å². The molecule has 5 nitrogen and oxygen atoms in total. The maximum Gasteiger partial charge on any atom is 0.191 e. The van der Waals surface area contributed by atoms with Gasteiger partial charge in [-0.25, -0.2) is 4.39 Å². The fraction of sp³-hybridized carbons (Fsp3) is 1.00. The lowest BCUT2D eigenvalue weighted by molar-refractivity contribution is -0.288. The normalized spacial score (nSPS) is 39.9. The Hall–Kier alpha value is -0.270. The van der Waals surface area contributed by atoms with E-state index in [0.29, 0.717) is 6.61 Å². The van der Waals surface area contributed by atoms with E-state index >= 15 is 0 Å². The van der Waals surface area contributed by atoms with Crippen molar-refractivity contribution in [3.8, 4) is 0 Å². The van der Waals surface area contributed by atoms with E-state index < -0.39 is 30.8 Å². The van der Waals surface area contributed by atoms with E-state index in [4.69, 9.17) is 23.7 Å². The minimum absolute atomic E-state index is 0.297. The first-order valence-corrected chi connectivity index (χ1v) is 5.06. The molecule has 1 saturated heterocycles. The predicted octanol–water partition coefficient (Wildman–Crippen LogP) is 0.372. The molecule has 0 bridgehead atoms. The molecule has 5 unspecified atom stereocenters. The van der Waals surface area contributed by atoms with Crippen LogP contribution in [0.15, 0.2) is 0 Å². The summed E-state index contributed by atoms with van der Waals surface area (Å²) in [5.74, 6) is 0. The van der Waals surface area contributed by atoms with Gasteiger partial charge >= 0.3 is 0 Å². The van der Waals surface area contributed by atoms with Crippen LogP contribution in [0.5, 0.6) is 0 Å². The number of methoxy groups -OCH3 is 4. The molecule has 5 atom stereocenters. The zero-order valence-electron chi connectivity index (χ0n) is 10.0. The van der Waals surface area contributed by atoms with Gasteiger partial charge in [0.1, 0.15) is 18.3 Å². The van der Waals surface area contributed by atoms with E-state index in [1.807, 2.05) is 0 Å². The van der Waals surface area contributed by atoms with Crippen LogP contribution in [0, 0.1) is 0 Å². The average molecular weight is 238 g/mol. The molecule has 0 aromatic carbocycles. The monoisotopic (exact) mass is 238 g/mol. The van der Waals surface area contributed by atoms with Crippen molar-refractivity contribution < 1.29 is 28.1 Å². The lowest BCUT2D eigenvalue weighted by Crippen LogP contribution is -2.58. The maximum absolute atomic E-state index is 13.9. The summed E-state index contributed by atoms with van der Waals surface area (Å²) < 4.78 is 39.5. The Balaban J connectivity index is 2.77. The molecule has 1 fully saturated rings. The topological polar surface area (TPSA) is 46.2 Å². The SMILES string of the molecule is COCC1OC(OC)C(F)C(OC)C1OC. The van der Waals surface area contributed by atoms with Crippen LogP contribution in [0.1, 0.15) is 0 Å². The highest BCUT2D eigenvalue weighted by atomic mass is 19.1. The van der Waals surface area contributed by atoms with Gasteiger partial charge in [0, 0.05) is 28.4 Å². The maximum atomic E-state index is 13.9. The van der Waals surface area contributed by atoms with E-state index in [-0.39, 0.29) is 0 Å². The third-order valence-electron chi connectivity index (χ3n) is 2.68. The van der Waals surface area contributed by atoms with Gasteiger partial charge in [0.05, 0.1) is 6.61 Å². The quantitative estimate of drug-likeness (QED) is 0.692. The number of rotatable bonds is 5. The minimum Gasteiger partial charge on any atom is -0.382 e. The molecular weight excluding hydrogens is 219 g/mol. The molecule has 1 aliphatic heterocycles. The van der Waals surface area contributed by atoms with Crippen LogP contribution in [-0.2, 0) is 23.7 Å². The molecule has 0 radical (unpaired) electrons. The predicted molar refractivity (Wildman–Crippen MR) is 54.0 cm³/mol. The third-order valence-corrected chi connectivity index (χ3v) is 2.68. The van der Waals surface area contributed by atoms with Gasteiger partial charge in [-0.05, 0) is 0 Å². The summed E-state index contributed by atoms with van der Waals surface area (Å²) in [4.78, 5) is 0. The second-order valence-corrected chi connectivity index (χ2v) is 3.58. The van der Waals surface area contributed by atoms with E-state index in [1.165, 1.54) is 21.3 Å². The fourth-order valence-electron chi connectivity index (χ4n) is 1.91. The molecule has 16 heavy (non-hydrogen) atoms. The van der Waals surface area contributed by atoms with Crippen LogP contribution in [0.3, 0.4) is 0 Å². The molecular formula is C10H19FO5. The van der Waals surface area contributed by atoms with Gasteiger partial charge in [-0.15, -0.1) is 0 Å². The van der Waals surface area contributed by atoms with Gasteiger partial charge in [0.2, 0.25) is 0 Å². The average Bonchev–Trinajstić information content (AvgIpc) is 2.30. The molecule has 0 aliphatic carbocycles. The highest BCUT2D eigenvalue weighted by Gasteiger charge is 2.47. The van der Waals surface area contributed by atoms with Crippen molar-refractivity contribution in [2.75, 3.05) is 35.0 Å². The zero-order valence-corrected chi connectivity index (χ0v) is 10.0. The standard InChI is InChI=1S/C10H19FO5/c1-12-5-6-8(13-2)9(14-3)7(11)10(15-4)16-6/h6-10H,5H2,1-4H3. The smallest absolute Gasteiger partial charge is 0.191 e. The number of hydrogen-bond acceptors (Lipinski definition) is 5. The van der Waals surface area contributed by atoms with Crippen LogP contribution in [0.2, 0.25) is 0 Å². The van der Waals surface area contributed by atoms with E-state index in [9.17, 15) is 4.39 Å². The van der Waals surface area contributed by atoms with E-state index in [2.05, 4.69) is 0 Å². The molecule has 0 saturated carbocycles. The summed E-state index contributed by atoms with van der Waals surface area (Å²) >= 11 is 0. The molecule has 0 spiro atoms. The van der Waals surface area contributed by atoms with Crippen molar-refractivity contribution in [1.82, 2.24) is 0 Å². The first kappa shape index (κ1) is 13.8. The molecule has 1 aliphatic rings. The lowest BCUT2D eigenvalue weighted by Gasteiger charge is -2.41. The Morgan fingerprint density at radius 1 is 1.00 bits per heavy atom. The van der Waals surface area contributed by atoms with Crippen LogP contribution in [0.4, 0.5) is 4.39 Å². The highest BCUT2D eigenvalue weighted by molar-refractivity contribution is 4.91. The van der Waals surface area contributed by atoms with Gasteiger partial charge < -0.3 is 23.7 Å². The summed E-state index contributed by atoms with van der Waals surface area (Å²) in [6, 6.07) is 0. The Bertz CT molecular complexity index is 200. The second kappa shape index (κ2) is 6.46. The Kier molecular flexibility index (Phi) is 5.57. The molecule has 6 heteroatoms. The minimum atomic E-state index is -1.38. The van der Waals surface area contributed by atoms with Crippen molar-refractivity contribution in [3.63, 3.8) is 0 Å². The van der Waals surface area contributed by atoms with Crippen molar-refractivity contribution in [2.45, 2.75) is 30.8 Å². The lowest BCUT2D eigenvalue weighted by atomic mass is 10.00. The van der Waals surface area contributed by atoms with Gasteiger partial charge in [-0.1, -0.05) is 0 Å². The molecule has 1 heterocycles. The first-order valence-electron chi connectivity index (χ1n) is 5.06. The van der Waals surface area contributed by atoms with E-state index in [1.54, 1.807) is 7.11 Å². The van der Waals surface area contributed by atoms with Crippen LogP contribution in [-0.4, -0.2) is 65.8 Å². The first-order chi connectivity index (χ1) is 7.69. The van der Waals surface area contributed by atoms with Gasteiger partial charge in [0.15, 0.2) is 12.5 Å². The molecule has 0 N–H and O–H groups in total. The fourth-order valence-corrected chi connectivity index (χ4v) is 1.91. The number of halogens is 1. The number of alkyl halides is 1. The summed E-state index contributed by atoms with van der Waals surface area (Å²) in [7, 11) is 5.86. The van der Waals surface area contributed by atoms with Crippen LogP contribution < -0.4 is 0 Å². The Morgan fingerprint density at radius 2 is 1.62 bits per heavy atom. The molecule has 0 aromatic rings. The molecule has 1 rings (SSSR count). The molecule has 0 amide bonds. The largest absolute Gasteiger partial charge is 0.382 e. The van der Waals surface area contributed by atoms with Gasteiger partial charge in [-0.2, -0.15) is 0 Å². The number of hydrogen-bond donors (Lipinski definition) is 0. The summed E-state index contributed by atoms with van der Waals surface area (Å²) in [6.45, 7) is 0.297. The highest BCUT2D eigenvalue weighted by Crippen LogP contribution is 2.27. The zero-order chi connectivity index (χ0) is 12.1. The Labute approximate surface area is 94.8 Å². The number of ether oxygens (including phenoxy) is 5. The van der Waals surface area contributed by atoms with Gasteiger partial charge in [-0.3, -0.25) is 0 Å². The second-order valence-electron chi connectivity index (χ2n) is 3.58. The summed E-state index contributed by atoms with van der Waals surface area (Å²) in [5, 5.41) is 0. The van der Waals surface area contributed by atoms with Crippen LogP contribution in [0.25, 0.3) is 0 Å². The van der Waals surface area contributed by atoms with Crippen molar-refractivity contribution >= 4 is 0 Å². The van der Waals surface area contributed by atoms with Crippen molar-refractivity contribution in [1.29, 1.82) is 0 Å². The summed E-state index contributed by atoms with van der Waals surface area (Å²) in [5.41, 5.74) is 0. The Morgan fingerprint density at radius 3 is 2.06 bits per heavy atom. The van der Waals surface area contributed by atoms with E-state index in [0.717, 1.165) is 0 Å². The summed E-state index contributed by atoms with van der Waals surface area (Å²) in [6.07, 6.45) is -3.96. The van der Waals surface area contributed by atoms with Crippen LogP contribution >= 0.6 is 0 Å². The third kappa shape index (κ3) is 2.70. The molecule has 96 valence electrons. The van der Waals surface area contributed by atoms with Crippen molar-refractivity contribution in [2.24, 2.45) is 0 Å². The van der Waals surface area contributed by atoms with Crippen molar-refractivity contribution in [3.05, 3.63) is 0 Å². The molecule has 0 aromatic heterocycles.